The zero-order valence-electron chi connectivity index (χ0n) is 14.3. The predicted molar refractivity (Wildman–Crippen MR) is 105 cm³/mol. The van der Waals surface area contributed by atoms with E-state index in [0.29, 0.717) is 11.4 Å². The normalized spacial score (nSPS) is 10.7. The van der Waals surface area contributed by atoms with Gasteiger partial charge in [0.2, 0.25) is 0 Å². The Morgan fingerprint density at radius 3 is 2.73 bits per heavy atom. The molecular formula is C18H19N3O3S2. The van der Waals surface area contributed by atoms with E-state index in [1.807, 2.05) is 37.3 Å². The highest BCUT2D eigenvalue weighted by atomic mass is 32.1. The van der Waals surface area contributed by atoms with Crippen molar-refractivity contribution in [2.45, 2.75) is 19.8 Å². The van der Waals surface area contributed by atoms with Gasteiger partial charge in [-0.15, -0.1) is 11.3 Å². The molecule has 0 aliphatic heterocycles. The molecule has 26 heavy (non-hydrogen) atoms. The Kier molecular flexibility index (Phi) is 6.19. The number of para-hydroxylation sites is 1. The monoisotopic (exact) mass is 389 g/mol. The van der Waals surface area contributed by atoms with Crippen molar-refractivity contribution < 1.29 is 14.3 Å². The molecule has 3 aromatic rings. The number of rotatable bonds is 8. The number of thiophene rings is 1. The van der Waals surface area contributed by atoms with E-state index in [-0.39, 0.29) is 12.5 Å². The van der Waals surface area contributed by atoms with Crippen molar-refractivity contribution >= 4 is 54.9 Å². The summed E-state index contributed by atoms with van der Waals surface area (Å²) < 4.78 is 5.98. The number of aromatic nitrogens is 1. The molecule has 0 atom stereocenters. The first-order chi connectivity index (χ1) is 12.7. The summed E-state index contributed by atoms with van der Waals surface area (Å²) in [6.07, 6.45) is 1.91. The van der Waals surface area contributed by atoms with E-state index in [9.17, 15) is 9.59 Å². The molecule has 0 saturated heterocycles. The Balaban J connectivity index is 1.56. The van der Waals surface area contributed by atoms with E-state index in [2.05, 4.69) is 15.6 Å². The second-order valence-electron chi connectivity index (χ2n) is 5.57. The third kappa shape index (κ3) is 4.80. The topological polar surface area (TPSA) is 80.3 Å². The maximum Gasteiger partial charge on any atom is 0.348 e. The second-order valence-corrected chi connectivity index (χ2v) is 7.63. The number of carbonyl (C=O) groups excluding carboxylic acids is 2. The summed E-state index contributed by atoms with van der Waals surface area (Å²) in [5.41, 5.74) is 0.961. The van der Waals surface area contributed by atoms with Crippen LogP contribution in [-0.4, -0.2) is 30.0 Å². The molecule has 0 bridgehead atoms. The molecule has 6 nitrogen and oxygen atoms in total. The van der Waals surface area contributed by atoms with Crippen molar-refractivity contribution in [2.24, 2.45) is 0 Å². The molecule has 136 valence electrons. The SMILES string of the molecule is CCCCNC(=O)COC(=O)c1cc2sc(Nc3ccccc3)nc2s1. The van der Waals surface area contributed by atoms with Gasteiger partial charge >= 0.3 is 5.97 Å². The smallest absolute Gasteiger partial charge is 0.348 e. The molecule has 0 spiro atoms. The van der Waals surface area contributed by atoms with E-state index >= 15 is 0 Å². The van der Waals surface area contributed by atoms with Gasteiger partial charge in [0.25, 0.3) is 5.91 Å². The summed E-state index contributed by atoms with van der Waals surface area (Å²) in [5.74, 6) is -0.777. The lowest BCUT2D eigenvalue weighted by atomic mass is 10.3. The van der Waals surface area contributed by atoms with Gasteiger partial charge in [-0.3, -0.25) is 4.79 Å². The lowest BCUT2D eigenvalue weighted by molar-refractivity contribution is -0.124. The summed E-state index contributed by atoms with van der Waals surface area (Å²) >= 11 is 2.73. The number of anilines is 2. The first-order valence-electron chi connectivity index (χ1n) is 8.32. The molecule has 0 radical (unpaired) electrons. The van der Waals surface area contributed by atoms with Crippen molar-refractivity contribution in [3.8, 4) is 0 Å². The lowest BCUT2D eigenvalue weighted by Gasteiger charge is -2.04. The zero-order chi connectivity index (χ0) is 18.4. The van der Waals surface area contributed by atoms with Gasteiger partial charge in [-0.2, -0.15) is 0 Å². The Labute approximate surface area is 159 Å². The minimum atomic E-state index is -0.497. The third-order valence-corrected chi connectivity index (χ3v) is 5.56. The number of fused-ring (bicyclic) bond motifs is 1. The molecule has 2 heterocycles. The van der Waals surface area contributed by atoms with Crippen LogP contribution in [0.1, 0.15) is 29.4 Å². The fourth-order valence-corrected chi connectivity index (χ4v) is 4.22. The van der Waals surface area contributed by atoms with Gasteiger partial charge in [-0.1, -0.05) is 42.9 Å². The first kappa shape index (κ1) is 18.3. The number of amides is 1. The number of esters is 1. The number of benzene rings is 1. The van der Waals surface area contributed by atoms with Gasteiger partial charge in [0.15, 0.2) is 11.7 Å². The molecule has 0 saturated carbocycles. The van der Waals surface area contributed by atoms with Crippen LogP contribution in [0.4, 0.5) is 10.8 Å². The summed E-state index contributed by atoms with van der Waals surface area (Å²) in [4.78, 5) is 29.4. The maximum atomic E-state index is 12.1. The van der Waals surface area contributed by atoms with Gasteiger partial charge in [0.05, 0.1) is 4.70 Å². The fourth-order valence-electron chi connectivity index (χ4n) is 2.19. The molecule has 2 aromatic heterocycles. The molecule has 3 rings (SSSR count). The number of carbonyl (C=O) groups is 2. The van der Waals surface area contributed by atoms with Crippen LogP contribution in [0.5, 0.6) is 0 Å². The Hall–Kier alpha value is -2.45. The third-order valence-electron chi connectivity index (χ3n) is 3.50. The van der Waals surface area contributed by atoms with Crippen LogP contribution < -0.4 is 10.6 Å². The van der Waals surface area contributed by atoms with E-state index in [4.69, 9.17) is 4.74 Å². The van der Waals surface area contributed by atoms with Crippen LogP contribution in [0.25, 0.3) is 9.53 Å². The number of hydrogen-bond donors (Lipinski definition) is 2. The fraction of sp³-hybridized carbons (Fsp3) is 0.278. The average molecular weight is 390 g/mol. The summed E-state index contributed by atoms with van der Waals surface area (Å²) in [6.45, 7) is 2.38. The quantitative estimate of drug-likeness (QED) is 0.446. The minimum absolute atomic E-state index is 0.262. The number of hydrogen-bond acceptors (Lipinski definition) is 7. The van der Waals surface area contributed by atoms with E-state index in [1.165, 1.54) is 22.7 Å². The summed E-state index contributed by atoms with van der Waals surface area (Å²) in [6, 6.07) is 11.5. The standard InChI is InChI=1S/C18H19N3O3S2/c1-2-3-9-19-15(22)11-24-17(23)14-10-13-16(25-14)21-18(26-13)20-12-7-5-4-6-8-12/h4-8,10H,2-3,9,11H2,1H3,(H,19,22)(H,20,21). The van der Waals surface area contributed by atoms with Crippen LogP contribution in [0.2, 0.25) is 0 Å². The van der Waals surface area contributed by atoms with Crippen LogP contribution >= 0.6 is 22.7 Å². The van der Waals surface area contributed by atoms with Crippen LogP contribution in [0.15, 0.2) is 36.4 Å². The second kappa shape index (κ2) is 8.77. The molecule has 2 N–H and O–H groups in total. The van der Waals surface area contributed by atoms with Crippen molar-refractivity contribution in [3.63, 3.8) is 0 Å². The van der Waals surface area contributed by atoms with E-state index < -0.39 is 5.97 Å². The number of ether oxygens (including phenoxy) is 1. The lowest BCUT2D eigenvalue weighted by Crippen LogP contribution is -2.29. The Morgan fingerprint density at radius 2 is 2.00 bits per heavy atom. The number of nitrogens with one attached hydrogen (secondary N) is 2. The molecule has 1 aromatic carbocycles. The van der Waals surface area contributed by atoms with E-state index in [0.717, 1.165) is 33.2 Å². The molecule has 0 aliphatic rings. The highest BCUT2D eigenvalue weighted by Crippen LogP contribution is 2.34. The summed E-state index contributed by atoms with van der Waals surface area (Å²) in [7, 11) is 0. The van der Waals surface area contributed by atoms with Crippen molar-refractivity contribution in [3.05, 3.63) is 41.3 Å². The number of nitrogens with zero attached hydrogens (tertiary/aromatic N) is 1. The molecule has 8 heteroatoms. The van der Waals surface area contributed by atoms with Gasteiger partial charge in [0, 0.05) is 12.2 Å². The number of thiazole rings is 1. The highest BCUT2D eigenvalue weighted by molar-refractivity contribution is 7.29. The predicted octanol–water partition coefficient (Wildman–Crippen LogP) is 4.17. The van der Waals surface area contributed by atoms with Gasteiger partial charge < -0.3 is 15.4 Å². The van der Waals surface area contributed by atoms with Crippen LogP contribution in [0, 0.1) is 0 Å². The molecule has 0 aliphatic carbocycles. The summed E-state index contributed by atoms with van der Waals surface area (Å²) in [5, 5.41) is 6.72. The van der Waals surface area contributed by atoms with Crippen molar-refractivity contribution in [2.75, 3.05) is 18.5 Å². The van der Waals surface area contributed by atoms with Crippen molar-refractivity contribution in [1.29, 1.82) is 0 Å². The van der Waals surface area contributed by atoms with Crippen molar-refractivity contribution in [1.82, 2.24) is 10.3 Å². The van der Waals surface area contributed by atoms with Gasteiger partial charge in [-0.05, 0) is 24.6 Å². The average Bonchev–Trinajstić information content (AvgIpc) is 3.19. The minimum Gasteiger partial charge on any atom is -0.451 e. The zero-order valence-corrected chi connectivity index (χ0v) is 15.9. The largest absolute Gasteiger partial charge is 0.451 e. The van der Waals surface area contributed by atoms with Gasteiger partial charge in [0.1, 0.15) is 9.71 Å². The first-order valence-corrected chi connectivity index (χ1v) is 9.95. The number of unbranched alkanes of at least 4 members (excludes halogenated alkanes) is 1. The Morgan fingerprint density at radius 1 is 1.19 bits per heavy atom. The maximum absolute atomic E-state index is 12.1. The van der Waals surface area contributed by atoms with E-state index in [1.54, 1.807) is 6.07 Å². The molecule has 1 amide bonds. The van der Waals surface area contributed by atoms with Crippen LogP contribution in [0.3, 0.4) is 0 Å². The Bertz CT molecular complexity index is 858. The molecular weight excluding hydrogens is 370 g/mol. The molecule has 0 unspecified atom stereocenters. The molecule has 0 fully saturated rings. The van der Waals surface area contributed by atoms with Gasteiger partial charge in [-0.25, -0.2) is 9.78 Å². The highest BCUT2D eigenvalue weighted by Gasteiger charge is 2.16. The van der Waals surface area contributed by atoms with Crippen LogP contribution in [-0.2, 0) is 9.53 Å².